The number of carbonyl (C=O) groups is 1. The number of hydrogen-bond donors (Lipinski definition) is 2. The van der Waals surface area contributed by atoms with E-state index >= 15 is 0 Å². The van der Waals surface area contributed by atoms with E-state index in [9.17, 15) is 9.59 Å². The third-order valence-corrected chi connectivity index (χ3v) is 2.98. The van der Waals surface area contributed by atoms with Gasteiger partial charge in [0, 0.05) is 16.9 Å². The summed E-state index contributed by atoms with van der Waals surface area (Å²) < 4.78 is 0. The molecule has 0 bridgehead atoms. The summed E-state index contributed by atoms with van der Waals surface area (Å²) >= 11 is 0. The zero-order valence-corrected chi connectivity index (χ0v) is 11.8. The number of benzene rings is 1. The Balaban J connectivity index is 2.15. The fraction of sp³-hybridized carbons (Fsp3) is 0.267. The first kappa shape index (κ1) is 14.0. The van der Waals surface area contributed by atoms with Gasteiger partial charge in [-0.1, -0.05) is 12.1 Å². The highest BCUT2D eigenvalue weighted by Gasteiger charge is 2.11. The molecule has 2 N–H and O–H groups in total. The number of nitrogens with zero attached hydrogens (tertiary/aromatic N) is 1. The summed E-state index contributed by atoms with van der Waals surface area (Å²) in [6, 6.07) is 7.52. The van der Waals surface area contributed by atoms with Gasteiger partial charge in [-0.15, -0.1) is 0 Å². The maximum Gasteiger partial charge on any atom is 0.254 e. The van der Waals surface area contributed by atoms with Gasteiger partial charge in [0.25, 0.3) is 5.56 Å². The Morgan fingerprint density at radius 1 is 1.30 bits per heavy atom. The van der Waals surface area contributed by atoms with Gasteiger partial charge in [-0.2, -0.15) is 0 Å². The molecule has 0 unspecified atom stereocenters. The number of H-pyrrole nitrogens is 1. The predicted octanol–water partition coefficient (Wildman–Crippen LogP) is 1.88. The van der Waals surface area contributed by atoms with Gasteiger partial charge in [0.05, 0.1) is 6.42 Å². The number of carbonyl (C=O) groups excluding carboxylic acids is 1. The van der Waals surface area contributed by atoms with Crippen molar-refractivity contribution in [1.82, 2.24) is 9.97 Å². The van der Waals surface area contributed by atoms with Crippen LogP contribution in [0, 0.1) is 20.8 Å². The van der Waals surface area contributed by atoms with E-state index in [2.05, 4.69) is 15.3 Å². The minimum atomic E-state index is -0.255. The molecule has 1 aromatic carbocycles. The molecule has 1 amide bonds. The van der Waals surface area contributed by atoms with Crippen molar-refractivity contribution in [3.63, 3.8) is 0 Å². The van der Waals surface area contributed by atoms with Crippen LogP contribution < -0.4 is 10.9 Å². The summed E-state index contributed by atoms with van der Waals surface area (Å²) in [7, 11) is 0. The molecular weight excluding hydrogens is 254 g/mol. The highest BCUT2D eigenvalue weighted by molar-refractivity contribution is 5.92. The number of rotatable bonds is 3. The second-order valence-corrected chi connectivity index (χ2v) is 4.81. The average molecular weight is 271 g/mol. The molecule has 0 radical (unpaired) electrons. The van der Waals surface area contributed by atoms with Crippen LogP contribution in [0.3, 0.4) is 0 Å². The normalized spacial score (nSPS) is 10.3. The summed E-state index contributed by atoms with van der Waals surface area (Å²) in [4.78, 5) is 30.6. The molecule has 0 aliphatic rings. The molecule has 0 atom stereocenters. The van der Waals surface area contributed by atoms with Crippen molar-refractivity contribution in [3.8, 4) is 0 Å². The predicted molar refractivity (Wildman–Crippen MR) is 77.8 cm³/mol. The zero-order valence-electron chi connectivity index (χ0n) is 11.8. The minimum Gasteiger partial charge on any atom is -0.326 e. The second kappa shape index (κ2) is 5.69. The Morgan fingerprint density at radius 3 is 2.70 bits per heavy atom. The van der Waals surface area contributed by atoms with Crippen LogP contribution >= 0.6 is 0 Å². The highest BCUT2D eigenvalue weighted by Crippen LogP contribution is 2.10. The molecule has 1 heterocycles. The number of aromatic amines is 1. The SMILES string of the molecule is Cc1cccc(NC(=O)Cc2c(C)nc(C)[nH]c2=O)c1. The van der Waals surface area contributed by atoms with Gasteiger partial charge in [0.1, 0.15) is 5.82 Å². The summed E-state index contributed by atoms with van der Waals surface area (Å²) in [5, 5.41) is 2.78. The van der Waals surface area contributed by atoms with E-state index in [1.165, 1.54) is 0 Å². The van der Waals surface area contributed by atoms with E-state index in [1.807, 2.05) is 31.2 Å². The van der Waals surface area contributed by atoms with E-state index in [4.69, 9.17) is 0 Å². The third-order valence-electron chi connectivity index (χ3n) is 2.98. The Kier molecular flexibility index (Phi) is 3.98. The van der Waals surface area contributed by atoms with Gasteiger partial charge < -0.3 is 10.3 Å². The molecule has 1 aromatic heterocycles. The molecule has 2 aromatic rings. The molecule has 0 saturated heterocycles. The molecule has 0 fully saturated rings. The van der Waals surface area contributed by atoms with Crippen LogP contribution in [0.4, 0.5) is 5.69 Å². The van der Waals surface area contributed by atoms with E-state index in [0.29, 0.717) is 17.1 Å². The summed E-state index contributed by atoms with van der Waals surface area (Å²) in [6.45, 7) is 5.40. The van der Waals surface area contributed by atoms with Crippen LogP contribution in [0.5, 0.6) is 0 Å². The topological polar surface area (TPSA) is 74.8 Å². The van der Waals surface area contributed by atoms with Crippen LogP contribution in [-0.2, 0) is 11.2 Å². The molecule has 0 spiro atoms. The number of nitrogens with one attached hydrogen (secondary N) is 2. The first-order valence-electron chi connectivity index (χ1n) is 6.38. The van der Waals surface area contributed by atoms with Crippen LogP contribution in [0.1, 0.15) is 22.6 Å². The van der Waals surface area contributed by atoms with Gasteiger partial charge in [-0.05, 0) is 38.5 Å². The Labute approximate surface area is 117 Å². The lowest BCUT2D eigenvalue weighted by Gasteiger charge is -2.07. The van der Waals surface area contributed by atoms with E-state index < -0.39 is 0 Å². The van der Waals surface area contributed by atoms with Gasteiger partial charge >= 0.3 is 0 Å². The van der Waals surface area contributed by atoms with Crippen molar-refractivity contribution in [3.05, 3.63) is 57.3 Å². The first-order chi connectivity index (χ1) is 9.45. The molecule has 2 rings (SSSR count). The van der Waals surface area contributed by atoms with Crippen molar-refractivity contribution >= 4 is 11.6 Å². The first-order valence-corrected chi connectivity index (χ1v) is 6.38. The molecule has 5 heteroatoms. The smallest absolute Gasteiger partial charge is 0.254 e. The Morgan fingerprint density at radius 2 is 2.05 bits per heavy atom. The fourth-order valence-electron chi connectivity index (χ4n) is 2.05. The van der Waals surface area contributed by atoms with E-state index in [1.54, 1.807) is 13.8 Å². The minimum absolute atomic E-state index is 0.0163. The Bertz CT molecular complexity index is 705. The fourth-order valence-corrected chi connectivity index (χ4v) is 2.05. The van der Waals surface area contributed by atoms with Gasteiger partial charge in [0.15, 0.2) is 0 Å². The number of aryl methyl sites for hydroxylation is 3. The van der Waals surface area contributed by atoms with Gasteiger partial charge in [0.2, 0.25) is 5.91 Å². The van der Waals surface area contributed by atoms with Gasteiger partial charge in [-0.25, -0.2) is 4.98 Å². The van der Waals surface area contributed by atoms with Crippen LogP contribution in [-0.4, -0.2) is 15.9 Å². The maximum atomic E-state index is 12.0. The van der Waals surface area contributed by atoms with Crippen molar-refractivity contribution in [2.75, 3.05) is 5.32 Å². The van der Waals surface area contributed by atoms with Crippen molar-refractivity contribution in [2.45, 2.75) is 27.2 Å². The van der Waals surface area contributed by atoms with Crippen molar-refractivity contribution < 1.29 is 4.79 Å². The lowest BCUT2D eigenvalue weighted by atomic mass is 10.1. The van der Waals surface area contributed by atoms with Crippen LogP contribution in [0.2, 0.25) is 0 Å². The quantitative estimate of drug-likeness (QED) is 0.895. The largest absolute Gasteiger partial charge is 0.326 e. The number of anilines is 1. The summed E-state index contributed by atoms with van der Waals surface area (Å²) in [6.07, 6.45) is 0.0163. The second-order valence-electron chi connectivity index (χ2n) is 4.81. The third kappa shape index (κ3) is 3.32. The lowest BCUT2D eigenvalue weighted by Crippen LogP contribution is -2.24. The summed E-state index contributed by atoms with van der Waals surface area (Å²) in [5.41, 5.74) is 2.53. The number of aromatic nitrogens is 2. The zero-order chi connectivity index (χ0) is 14.7. The average Bonchev–Trinajstić information content (AvgIpc) is 2.33. The van der Waals surface area contributed by atoms with Gasteiger partial charge in [-0.3, -0.25) is 9.59 Å². The molecule has 0 aliphatic heterocycles. The monoisotopic (exact) mass is 271 g/mol. The van der Waals surface area contributed by atoms with Crippen LogP contribution in [0.25, 0.3) is 0 Å². The molecule has 20 heavy (non-hydrogen) atoms. The van der Waals surface area contributed by atoms with Crippen molar-refractivity contribution in [1.29, 1.82) is 0 Å². The lowest BCUT2D eigenvalue weighted by molar-refractivity contribution is -0.115. The summed E-state index contributed by atoms with van der Waals surface area (Å²) in [5.74, 6) is 0.324. The number of hydrogen-bond acceptors (Lipinski definition) is 3. The Hall–Kier alpha value is -2.43. The molecular formula is C15H17N3O2. The molecule has 0 saturated carbocycles. The van der Waals surface area contributed by atoms with E-state index in [-0.39, 0.29) is 17.9 Å². The molecule has 104 valence electrons. The standard InChI is InChI=1S/C15H17N3O2/c1-9-5-4-6-12(7-9)18-14(19)8-13-10(2)16-11(3)17-15(13)20/h4-7H,8H2,1-3H3,(H,18,19)(H,16,17,20). The molecule has 0 aliphatic carbocycles. The highest BCUT2D eigenvalue weighted by atomic mass is 16.2. The maximum absolute atomic E-state index is 12.0. The van der Waals surface area contributed by atoms with E-state index in [0.717, 1.165) is 11.3 Å². The number of amides is 1. The molecule has 5 nitrogen and oxygen atoms in total. The van der Waals surface area contributed by atoms with Crippen molar-refractivity contribution in [2.24, 2.45) is 0 Å². The van der Waals surface area contributed by atoms with Crippen LogP contribution in [0.15, 0.2) is 29.1 Å².